The highest BCUT2D eigenvalue weighted by molar-refractivity contribution is 7.10. The van der Waals surface area contributed by atoms with Gasteiger partial charge in [0.05, 0.1) is 0 Å². The molecule has 3 rings (SSSR count). The number of halogens is 1. The summed E-state index contributed by atoms with van der Waals surface area (Å²) in [5, 5.41) is 6.75. The molecule has 0 radical (unpaired) electrons. The van der Waals surface area contributed by atoms with E-state index < -0.39 is 0 Å². The van der Waals surface area contributed by atoms with E-state index >= 15 is 0 Å². The Morgan fingerprint density at radius 3 is 2.53 bits per heavy atom. The SMILES string of the molecule is C[C@@H](NC(c1cccs1)C1CC1)c1ccc(Cl)cc1. The highest BCUT2D eigenvalue weighted by Gasteiger charge is 2.33. The summed E-state index contributed by atoms with van der Waals surface area (Å²) in [6.45, 7) is 2.23. The van der Waals surface area contributed by atoms with E-state index in [1.165, 1.54) is 23.3 Å². The average molecular weight is 292 g/mol. The minimum absolute atomic E-state index is 0.352. The second-order valence-corrected chi connectivity index (χ2v) is 6.69. The lowest BCUT2D eigenvalue weighted by Gasteiger charge is -2.23. The number of hydrogen-bond donors (Lipinski definition) is 1. The van der Waals surface area contributed by atoms with Crippen LogP contribution in [0.3, 0.4) is 0 Å². The number of hydrogen-bond acceptors (Lipinski definition) is 2. The maximum Gasteiger partial charge on any atom is 0.0448 e. The van der Waals surface area contributed by atoms with Crippen LogP contribution in [0.15, 0.2) is 41.8 Å². The van der Waals surface area contributed by atoms with Gasteiger partial charge in [0.2, 0.25) is 0 Å². The standard InChI is InChI=1S/C16H18ClNS/c1-11(12-6-8-14(17)9-7-12)18-16(13-4-5-13)15-3-2-10-19-15/h2-3,6-11,13,16,18H,4-5H2,1H3/t11-,16?/m1/s1. The summed E-state index contributed by atoms with van der Waals surface area (Å²) in [5.74, 6) is 0.813. The quantitative estimate of drug-likeness (QED) is 0.798. The number of nitrogens with one attached hydrogen (secondary N) is 1. The molecule has 0 amide bonds. The number of thiophene rings is 1. The van der Waals surface area contributed by atoms with Gasteiger partial charge < -0.3 is 5.32 Å². The van der Waals surface area contributed by atoms with Gasteiger partial charge in [-0.3, -0.25) is 0 Å². The molecule has 0 spiro atoms. The summed E-state index contributed by atoms with van der Waals surface area (Å²) in [7, 11) is 0. The van der Waals surface area contributed by atoms with Gasteiger partial charge in [-0.2, -0.15) is 0 Å². The van der Waals surface area contributed by atoms with Gasteiger partial charge in [0.25, 0.3) is 0 Å². The van der Waals surface area contributed by atoms with Gasteiger partial charge in [-0.15, -0.1) is 11.3 Å². The molecule has 1 fully saturated rings. The van der Waals surface area contributed by atoms with Crippen LogP contribution < -0.4 is 5.32 Å². The molecule has 1 aromatic carbocycles. The van der Waals surface area contributed by atoms with Crippen LogP contribution in [0.1, 0.15) is 42.3 Å². The normalized spacial score (nSPS) is 18.2. The lowest BCUT2D eigenvalue weighted by atomic mass is 10.0. The molecule has 1 unspecified atom stereocenters. The Labute approximate surface area is 123 Å². The van der Waals surface area contributed by atoms with Crippen molar-refractivity contribution in [1.29, 1.82) is 0 Å². The van der Waals surface area contributed by atoms with Crippen LogP contribution in [0.25, 0.3) is 0 Å². The molecule has 1 nitrogen and oxygen atoms in total. The summed E-state index contributed by atoms with van der Waals surface area (Å²) >= 11 is 7.80. The average Bonchev–Trinajstić information content (AvgIpc) is 3.11. The van der Waals surface area contributed by atoms with Crippen LogP contribution >= 0.6 is 22.9 Å². The van der Waals surface area contributed by atoms with E-state index in [-0.39, 0.29) is 0 Å². The first kappa shape index (κ1) is 13.2. The molecular formula is C16H18ClNS. The van der Waals surface area contributed by atoms with E-state index in [1.807, 2.05) is 23.5 Å². The maximum atomic E-state index is 5.95. The minimum Gasteiger partial charge on any atom is -0.302 e. The van der Waals surface area contributed by atoms with Crippen molar-refractivity contribution >= 4 is 22.9 Å². The van der Waals surface area contributed by atoms with Gasteiger partial charge in [0, 0.05) is 22.0 Å². The van der Waals surface area contributed by atoms with Gasteiger partial charge in [0.1, 0.15) is 0 Å². The van der Waals surface area contributed by atoms with E-state index in [2.05, 4.69) is 41.9 Å². The summed E-state index contributed by atoms with van der Waals surface area (Å²) in [6, 6.07) is 13.4. The molecule has 0 bridgehead atoms. The van der Waals surface area contributed by atoms with E-state index in [0.717, 1.165) is 10.9 Å². The van der Waals surface area contributed by atoms with Crippen molar-refractivity contribution in [3.63, 3.8) is 0 Å². The summed E-state index contributed by atoms with van der Waals surface area (Å²) in [6.07, 6.45) is 2.70. The molecule has 1 aliphatic rings. The fraction of sp³-hybridized carbons (Fsp3) is 0.375. The van der Waals surface area contributed by atoms with Crippen LogP contribution in [-0.2, 0) is 0 Å². The van der Waals surface area contributed by atoms with Crippen LogP contribution in [-0.4, -0.2) is 0 Å². The summed E-state index contributed by atoms with van der Waals surface area (Å²) in [5.41, 5.74) is 1.30. The Hall–Kier alpha value is -0.830. The Morgan fingerprint density at radius 2 is 1.95 bits per heavy atom. The lowest BCUT2D eigenvalue weighted by Crippen LogP contribution is -2.25. The first-order valence-electron chi connectivity index (χ1n) is 6.79. The molecule has 1 aliphatic carbocycles. The summed E-state index contributed by atoms with van der Waals surface area (Å²) in [4.78, 5) is 1.46. The number of benzene rings is 1. The van der Waals surface area contributed by atoms with Gasteiger partial charge in [-0.1, -0.05) is 29.8 Å². The fourth-order valence-electron chi connectivity index (χ4n) is 2.47. The lowest BCUT2D eigenvalue weighted by molar-refractivity contribution is 0.433. The van der Waals surface area contributed by atoms with Crippen LogP contribution in [0.5, 0.6) is 0 Å². The predicted molar refractivity (Wildman–Crippen MR) is 82.8 cm³/mol. The van der Waals surface area contributed by atoms with Crippen molar-refractivity contribution in [3.8, 4) is 0 Å². The molecule has 1 aromatic heterocycles. The smallest absolute Gasteiger partial charge is 0.0448 e. The Morgan fingerprint density at radius 1 is 1.21 bits per heavy atom. The van der Waals surface area contributed by atoms with Crippen molar-refractivity contribution in [2.45, 2.75) is 31.8 Å². The molecule has 3 heteroatoms. The Kier molecular flexibility index (Phi) is 3.92. The first-order chi connectivity index (χ1) is 9.24. The molecule has 1 saturated carbocycles. The zero-order chi connectivity index (χ0) is 13.2. The third kappa shape index (κ3) is 3.19. The zero-order valence-electron chi connectivity index (χ0n) is 11.0. The molecule has 2 aromatic rings. The maximum absolute atomic E-state index is 5.95. The van der Waals surface area contributed by atoms with Gasteiger partial charge in [-0.05, 0) is 54.8 Å². The zero-order valence-corrected chi connectivity index (χ0v) is 12.5. The molecule has 100 valence electrons. The van der Waals surface area contributed by atoms with E-state index in [4.69, 9.17) is 11.6 Å². The van der Waals surface area contributed by atoms with Crippen molar-refractivity contribution in [3.05, 3.63) is 57.2 Å². The first-order valence-corrected chi connectivity index (χ1v) is 8.05. The van der Waals surface area contributed by atoms with Crippen molar-refractivity contribution in [1.82, 2.24) is 5.32 Å². The Balaban J connectivity index is 1.73. The molecule has 1 heterocycles. The second kappa shape index (κ2) is 5.66. The van der Waals surface area contributed by atoms with Crippen LogP contribution in [0, 0.1) is 5.92 Å². The highest BCUT2D eigenvalue weighted by atomic mass is 35.5. The second-order valence-electron chi connectivity index (χ2n) is 5.27. The minimum atomic E-state index is 0.352. The topological polar surface area (TPSA) is 12.0 Å². The molecular weight excluding hydrogens is 274 g/mol. The van der Waals surface area contributed by atoms with E-state index in [1.54, 1.807) is 0 Å². The van der Waals surface area contributed by atoms with Crippen molar-refractivity contribution in [2.75, 3.05) is 0 Å². The third-order valence-electron chi connectivity index (χ3n) is 3.74. The molecule has 0 aliphatic heterocycles. The third-order valence-corrected chi connectivity index (χ3v) is 4.95. The fourth-order valence-corrected chi connectivity index (χ4v) is 3.47. The molecule has 2 atom stereocenters. The van der Waals surface area contributed by atoms with Crippen molar-refractivity contribution in [2.24, 2.45) is 5.92 Å². The van der Waals surface area contributed by atoms with Crippen molar-refractivity contribution < 1.29 is 0 Å². The molecule has 19 heavy (non-hydrogen) atoms. The van der Waals surface area contributed by atoms with Gasteiger partial charge >= 0.3 is 0 Å². The van der Waals surface area contributed by atoms with E-state index in [9.17, 15) is 0 Å². The van der Waals surface area contributed by atoms with Crippen LogP contribution in [0.2, 0.25) is 5.02 Å². The largest absolute Gasteiger partial charge is 0.302 e. The van der Waals surface area contributed by atoms with E-state index in [0.29, 0.717) is 12.1 Å². The predicted octanol–water partition coefficient (Wildman–Crippen LogP) is 5.20. The number of rotatable bonds is 5. The monoisotopic (exact) mass is 291 g/mol. The van der Waals surface area contributed by atoms with Gasteiger partial charge in [0.15, 0.2) is 0 Å². The van der Waals surface area contributed by atoms with Crippen LogP contribution in [0.4, 0.5) is 0 Å². The summed E-state index contributed by atoms with van der Waals surface area (Å²) < 4.78 is 0. The molecule has 0 saturated heterocycles. The Bertz CT molecular complexity index is 516. The highest BCUT2D eigenvalue weighted by Crippen LogP contribution is 2.43. The van der Waals surface area contributed by atoms with Gasteiger partial charge in [-0.25, -0.2) is 0 Å². The molecule has 1 N–H and O–H groups in total.